The van der Waals surface area contributed by atoms with Gasteiger partial charge in [0.15, 0.2) is 0 Å². The van der Waals surface area contributed by atoms with Crippen LogP contribution in [-0.4, -0.2) is 42.2 Å². The van der Waals surface area contributed by atoms with Gasteiger partial charge in [0.05, 0.1) is 0 Å². The summed E-state index contributed by atoms with van der Waals surface area (Å²) in [6.45, 7) is 6.58. The van der Waals surface area contributed by atoms with Crippen LogP contribution in [0.2, 0.25) is 0 Å². The number of phenolic OH excluding ortho intramolecular Hbond substituents is 1. The summed E-state index contributed by atoms with van der Waals surface area (Å²) in [7, 11) is 0. The fourth-order valence-electron chi connectivity index (χ4n) is 3.67. The third kappa shape index (κ3) is 3.16. The van der Waals surface area contributed by atoms with E-state index in [1.165, 1.54) is 38.8 Å². The molecule has 0 amide bonds. The molecule has 21 heavy (non-hydrogen) atoms. The van der Waals surface area contributed by atoms with Gasteiger partial charge in [-0.25, -0.2) is 0 Å². The van der Waals surface area contributed by atoms with E-state index in [9.17, 15) is 5.11 Å². The van der Waals surface area contributed by atoms with Gasteiger partial charge < -0.3 is 15.7 Å². The largest absolute Gasteiger partial charge is 0.508 e. The van der Waals surface area contributed by atoms with Crippen molar-refractivity contribution in [1.29, 1.82) is 0 Å². The lowest BCUT2D eigenvalue weighted by atomic mass is 10.1. The van der Waals surface area contributed by atoms with Gasteiger partial charge in [-0.05, 0) is 45.3 Å². The van der Waals surface area contributed by atoms with E-state index in [0.717, 1.165) is 24.3 Å². The molecule has 116 valence electrons. The quantitative estimate of drug-likeness (QED) is 0.897. The van der Waals surface area contributed by atoms with Crippen molar-refractivity contribution in [2.75, 3.05) is 31.1 Å². The summed E-state index contributed by atoms with van der Waals surface area (Å²) in [6, 6.07) is 6.48. The zero-order chi connectivity index (χ0) is 14.8. The van der Waals surface area contributed by atoms with Gasteiger partial charge in [-0.3, -0.25) is 4.90 Å². The van der Waals surface area contributed by atoms with E-state index in [1.807, 2.05) is 19.1 Å². The lowest BCUT2D eigenvalue weighted by Gasteiger charge is -2.32. The molecular formula is C17H27N3O. The number of anilines is 1. The summed E-state index contributed by atoms with van der Waals surface area (Å²) in [5.41, 5.74) is 7.80. The lowest BCUT2D eigenvalue weighted by molar-refractivity contribution is 0.175. The van der Waals surface area contributed by atoms with E-state index in [-0.39, 0.29) is 6.04 Å². The van der Waals surface area contributed by atoms with Crippen LogP contribution < -0.4 is 10.6 Å². The molecule has 2 atom stereocenters. The summed E-state index contributed by atoms with van der Waals surface area (Å²) in [4.78, 5) is 5.05. The molecule has 2 heterocycles. The zero-order valence-corrected chi connectivity index (χ0v) is 13.0. The number of likely N-dealkylation sites (tertiary alicyclic amines) is 1. The van der Waals surface area contributed by atoms with Gasteiger partial charge in [-0.1, -0.05) is 12.5 Å². The Balaban J connectivity index is 1.67. The van der Waals surface area contributed by atoms with Crippen LogP contribution in [0, 0.1) is 0 Å². The molecule has 4 nitrogen and oxygen atoms in total. The minimum absolute atomic E-state index is 0.126. The molecule has 0 spiro atoms. The standard InChI is InChI=1S/C17H27N3O/c1-13(18)16-6-5-14(11-17(16)21)20-10-7-15(12-20)19-8-3-2-4-9-19/h5-6,11,13,15,21H,2-4,7-10,12,18H2,1H3. The Bertz CT molecular complexity index is 483. The topological polar surface area (TPSA) is 52.7 Å². The van der Waals surface area contributed by atoms with Crippen molar-refractivity contribution in [1.82, 2.24) is 4.90 Å². The monoisotopic (exact) mass is 289 g/mol. The Labute approximate surface area is 127 Å². The van der Waals surface area contributed by atoms with Crippen LogP contribution in [0.15, 0.2) is 18.2 Å². The van der Waals surface area contributed by atoms with Crippen molar-refractivity contribution in [3.63, 3.8) is 0 Å². The Morgan fingerprint density at radius 1 is 1.19 bits per heavy atom. The number of piperidine rings is 1. The maximum Gasteiger partial charge on any atom is 0.122 e. The number of hydrogen-bond acceptors (Lipinski definition) is 4. The predicted molar refractivity (Wildman–Crippen MR) is 86.8 cm³/mol. The average Bonchev–Trinajstić information content (AvgIpc) is 2.97. The predicted octanol–water partition coefficient (Wildman–Crippen LogP) is 2.48. The Morgan fingerprint density at radius 2 is 1.95 bits per heavy atom. The molecule has 3 N–H and O–H groups in total. The van der Waals surface area contributed by atoms with Crippen molar-refractivity contribution < 1.29 is 5.11 Å². The molecule has 4 heteroatoms. The van der Waals surface area contributed by atoms with Crippen molar-refractivity contribution in [3.8, 4) is 5.75 Å². The van der Waals surface area contributed by atoms with Crippen LogP contribution in [-0.2, 0) is 0 Å². The highest BCUT2D eigenvalue weighted by molar-refractivity contribution is 5.54. The average molecular weight is 289 g/mol. The molecule has 2 aliphatic rings. The summed E-state index contributed by atoms with van der Waals surface area (Å²) >= 11 is 0. The molecule has 1 aromatic carbocycles. The summed E-state index contributed by atoms with van der Waals surface area (Å²) in [5, 5.41) is 10.1. The molecule has 0 radical (unpaired) electrons. The van der Waals surface area contributed by atoms with Crippen LogP contribution in [0.4, 0.5) is 5.69 Å². The van der Waals surface area contributed by atoms with Crippen LogP contribution >= 0.6 is 0 Å². The number of nitrogens with zero attached hydrogens (tertiary/aromatic N) is 2. The third-order valence-electron chi connectivity index (χ3n) is 4.94. The number of nitrogens with two attached hydrogens (primary N) is 1. The van der Waals surface area contributed by atoms with Crippen LogP contribution in [0.1, 0.15) is 44.2 Å². The first-order valence-electron chi connectivity index (χ1n) is 8.22. The molecule has 2 fully saturated rings. The third-order valence-corrected chi connectivity index (χ3v) is 4.94. The van der Waals surface area contributed by atoms with Gasteiger partial charge in [0.1, 0.15) is 5.75 Å². The second-order valence-corrected chi connectivity index (χ2v) is 6.52. The van der Waals surface area contributed by atoms with Crippen LogP contribution in [0.5, 0.6) is 5.75 Å². The van der Waals surface area contributed by atoms with Crippen LogP contribution in [0.3, 0.4) is 0 Å². The first-order chi connectivity index (χ1) is 10.1. The summed E-state index contributed by atoms with van der Waals surface area (Å²) in [6.07, 6.45) is 5.32. The SMILES string of the molecule is CC(N)c1ccc(N2CCC(N3CCCCC3)C2)cc1O. The van der Waals surface area contributed by atoms with Crippen LogP contribution in [0.25, 0.3) is 0 Å². The van der Waals surface area contributed by atoms with Gasteiger partial charge in [0.2, 0.25) is 0 Å². The Kier molecular flexibility index (Phi) is 4.36. The zero-order valence-electron chi connectivity index (χ0n) is 13.0. The van der Waals surface area contributed by atoms with E-state index in [0.29, 0.717) is 11.8 Å². The van der Waals surface area contributed by atoms with E-state index in [2.05, 4.69) is 15.9 Å². The first-order valence-corrected chi connectivity index (χ1v) is 8.22. The van der Waals surface area contributed by atoms with E-state index >= 15 is 0 Å². The second-order valence-electron chi connectivity index (χ2n) is 6.52. The van der Waals surface area contributed by atoms with E-state index in [1.54, 1.807) is 0 Å². The van der Waals surface area contributed by atoms with Crippen molar-refractivity contribution >= 4 is 5.69 Å². The highest BCUT2D eigenvalue weighted by Gasteiger charge is 2.28. The smallest absolute Gasteiger partial charge is 0.122 e. The number of benzene rings is 1. The highest BCUT2D eigenvalue weighted by atomic mass is 16.3. The van der Waals surface area contributed by atoms with E-state index < -0.39 is 0 Å². The second kappa shape index (κ2) is 6.24. The van der Waals surface area contributed by atoms with Crippen molar-refractivity contribution in [2.45, 2.75) is 44.7 Å². The maximum atomic E-state index is 10.1. The highest BCUT2D eigenvalue weighted by Crippen LogP contribution is 2.31. The van der Waals surface area contributed by atoms with Crippen molar-refractivity contribution in [3.05, 3.63) is 23.8 Å². The number of aromatic hydroxyl groups is 1. The molecule has 1 aromatic rings. The first kappa shape index (κ1) is 14.7. The molecule has 0 saturated carbocycles. The normalized spacial score (nSPS) is 25.2. The molecule has 3 rings (SSSR count). The molecular weight excluding hydrogens is 262 g/mol. The minimum atomic E-state index is -0.126. The van der Waals surface area contributed by atoms with Gasteiger partial charge >= 0.3 is 0 Å². The minimum Gasteiger partial charge on any atom is -0.508 e. The van der Waals surface area contributed by atoms with Gasteiger partial charge in [-0.2, -0.15) is 0 Å². The lowest BCUT2D eigenvalue weighted by Crippen LogP contribution is -2.40. The molecule has 2 aliphatic heterocycles. The summed E-state index contributed by atoms with van der Waals surface area (Å²) in [5.74, 6) is 0.323. The number of phenols is 1. The number of hydrogen-bond donors (Lipinski definition) is 2. The van der Waals surface area contributed by atoms with Gasteiger partial charge in [0, 0.05) is 42.5 Å². The molecule has 0 aromatic heterocycles. The molecule has 0 bridgehead atoms. The molecule has 2 unspecified atom stereocenters. The molecule has 2 saturated heterocycles. The Hall–Kier alpha value is -1.26. The fourth-order valence-corrected chi connectivity index (χ4v) is 3.67. The van der Waals surface area contributed by atoms with Gasteiger partial charge in [-0.15, -0.1) is 0 Å². The summed E-state index contributed by atoms with van der Waals surface area (Å²) < 4.78 is 0. The maximum absolute atomic E-state index is 10.1. The van der Waals surface area contributed by atoms with Crippen molar-refractivity contribution in [2.24, 2.45) is 5.73 Å². The molecule has 0 aliphatic carbocycles. The Morgan fingerprint density at radius 3 is 2.62 bits per heavy atom. The van der Waals surface area contributed by atoms with Gasteiger partial charge in [0.25, 0.3) is 0 Å². The van der Waals surface area contributed by atoms with E-state index in [4.69, 9.17) is 5.73 Å². The fraction of sp³-hybridized carbons (Fsp3) is 0.647. The number of rotatable bonds is 3.